The molecule has 0 saturated heterocycles. The molecular weight excluding hydrogens is 995 g/mol. The average molecular weight is 1140 g/mol. The Bertz CT molecular complexity index is 1270. The van der Waals surface area contributed by atoms with Crippen LogP contribution in [0, 0.1) is 0 Å². The maximum Gasteiger partial charge on any atom is 0.305 e. The topological polar surface area (TPSA) is 95.9 Å². The number of aliphatic hydroxyl groups is 2. The number of amides is 1. The number of hydrogen-bond donors (Lipinski definition) is 3. The molecule has 0 aromatic heterocycles. The number of carbonyl (C=O) groups is 2. The number of unbranched alkanes of at least 4 members (excludes halogenated alkanes) is 57. The van der Waals surface area contributed by atoms with Crippen molar-refractivity contribution in [2.24, 2.45) is 0 Å². The van der Waals surface area contributed by atoms with Crippen LogP contribution in [0.5, 0.6) is 0 Å². The molecule has 0 bridgehead atoms. The number of rotatable bonds is 70. The molecule has 0 aromatic carbocycles. The van der Waals surface area contributed by atoms with E-state index in [2.05, 4.69) is 31.3 Å². The van der Waals surface area contributed by atoms with Crippen LogP contribution in [0.1, 0.15) is 418 Å². The summed E-state index contributed by atoms with van der Waals surface area (Å²) in [6.07, 6.45) is 90.1. The highest BCUT2D eigenvalue weighted by Gasteiger charge is 2.18. The predicted octanol–water partition coefficient (Wildman–Crippen LogP) is 24.1. The van der Waals surface area contributed by atoms with E-state index in [1.807, 2.05) is 6.08 Å². The van der Waals surface area contributed by atoms with Gasteiger partial charge in [0.1, 0.15) is 0 Å². The predicted molar refractivity (Wildman–Crippen MR) is 356 cm³/mol. The minimum absolute atomic E-state index is 0.0201. The Morgan fingerprint density at radius 1 is 0.333 bits per heavy atom. The molecule has 1 amide bonds. The fraction of sp³-hybridized carbons (Fsp3) is 0.920. The summed E-state index contributed by atoms with van der Waals surface area (Å²) >= 11 is 0. The van der Waals surface area contributed by atoms with Gasteiger partial charge in [-0.1, -0.05) is 372 Å². The van der Waals surface area contributed by atoms with Crippen molar-refractivity contribution in [3.05, 3.63) is 24.3 Å². The standard InChI is InChI=1S/C75H145NO5/c1-3-5-7-9-11-13-15-16-17-18-39-42-45-49-53-57-61-65-69-75(80)81-70-66-62-58-54-50-46-43-40-37-35-33-31-29-27-25-23-21-19-20-22-24-26-28-30-32-34-36-38-41-44-48-52-56-60-64-68-74(79)76-72(71-77)73(78)67-63-59-55-51-47-14-12-10-8-6-4-2/h17-18,63,67,72-73,77-78H,3-16,19-62,64-66,68-71H2,1-2H3,(H,76,79)/b18-17-,67-63+. The van der Waals surface area contributed by atoms with Gasteiger partial charge in [-0.05, 0) is 57.8 Å². The quantitative estimate of drug-likeness (QED) is 0.0320. The molecule has 0 heterocycles. The Hall–Kier alpha value is -1.66. The van der Waals surface area contributed by atoms with Gasteiger partial charge < -0.3 is 20.3 Å². The van der Waals surface area contributed by atoms with Crippen molar-refractivity contribution in [1.82, 2.24) is 5.32 Å². The fourth-order valence-corrected chi connectivity index (χ4v) is 11.8. The van der Waals surface area contributed by atoms with Crippen molar-refractivity contribution in [3.8, 4) is 0 Å². The number of ether oxygens (including phenoxy) is 1. The molecule has 81 heavy (non-hydrogen) atoms. The summed E-state index contributed by atoms with van der Waals surface area (Å²) in [5.74, 6) is -0.0419. The number of hydrogen-bond acceptors (Lipinski definition) is 5. The second-order valence-corrected chi connectivity index (χ2v) is 25.6. The lowest BCUT2D eigenvalue weighted by molar-refractivity contribution is -0.143. The van der Waals surface area contributed by atoms with E-state index < -0.39 is 12.1 Å². The minimum atomic E-state index is -0.839. The van der Waals surface area contributed by atoms with Crippen LogP contribution in [0.15, 0.2) is 24.3 Å². The third-order valence-corrected chi connectivity index (χ3v) is 17.5. The summed E-state index contributed by atoms with van der Waals surface area (Å²) in [4.78, 5) is 24.6. The first-order chi connectivity index (χ1) is 40.0. The van der Waals surface area contributed by atoms with Gasteiger partial charge in [0.25, 0.3) is 0 Å². The molecule has 480 valence electrons. The monoisotopic (exact) mass is 1140 g/mol. The summed E-state index contributed by atoms with van der Waals surface area (Å²) < 4.78 is 5.51. The van der Waals surface area contributed by atoms with Crippen molar-refractivity contribution in [2.75, 3.05) is 13.2 Å². The number of aliphatic hydroxyl groups excluding tert-OH is 2. The molecule has 3 N–H and O–H groups in total. The van der Waals surface area contributed by atoms with Gasteiger partial charge in [0.15, 0.2) is 0 Å². The third-order valence-electron chi connectivity index (χ3n) is 17.5. The van der Waals surface area contributed by atoms with E-state index in [1.165, 1.54) is 353 Å². The Balaban J connectivity index is 3.29. The fourth-order valence-electron chi connectivity index (χ4n) is 11.8. The van der Waals surface area contributed by atoms with Gasteiger partial charge in [0.05, 0.1) is 25.4 Å². The summed E-state index contributed by atoms with van der Waals surface area (Å²) in [5, 5.41) is 23.1. The maximum atomic E-state index is 12.4. The van der Waals surface area contributed by atoms with Crippen LogP contribution in [-0.2, 0) is 14.3 Å². The molecule has 0 fully saturated rings. The Kier molecular flexibility index (Phi) is 69.4. The highest BCUT2D eigenvalue weighted by atomic mass is 16.5. The van der Waals surface area contributed by atoms with Crippen LogP contribution in [-0.4, -0.2) is 47.4 Å². The molecule has 2 atom stereocenters. The summed E-state index contributed by atoms with van der Waals surface area (Å²) in [5.41, 5.74) is 0. The highest BCUT2D eigenvalue weighted by molar-refractivity contribution is 5.76. The van der Waals surface area contributed by atoms with Crippen LogP contribution >= 0.6 is 0 Å². The molecule has 0 saturated carbocycles. The van der Waals surface area contributed by atoms with Crippen molar-refractivity contribution >= 4 is 11.9 Å². The first-order valence-corrected chi connectivity index (χ1v) is 37.1. The van der Waals surface area contributed by atoms with Crippen molar-refractivity contribution in [1.29, 1.82) is 0 Å². The molecule has 0 spiro atoms. The summed E-state index contributed by atoms with van der Waals surface area (Å²) in [6.45, 7) is 4.92. The molecule has 6 nitrogen and oxygen atoms in total. The molecular formula is C75H145NO5. The van der Waals surface area contributed by atoms with Crippen LogP contribution in [0.4, 0.5) is 0 Å². The van der Waals surface area contributed by atoms with Crippen LogP contribution in [0.2, 0.25) is 0 Å². The van der Waals surface area contributed by atoms with E-state index in [1.54, 1.807) is 6.08 Å². The number of esters is 1. The first-order valence-electron chi connectivity index (χ1n) is 37.1. The van der Waals surface area contributed by atoms with Gasteiger partial charge in [-0.2, -0.15) is 0 Å². The number of carbonyl (C=O) groups excluding carboxylic acids is 2. The number of nitrogens with one attached hydrogen (secondary N) is 1. The Morgan fingerprint density at radius 2 is 0.580 bits per heavy atom. The van der Waals surface area contributed by atoms with Crippen LogP contribution in [0.3, 0.4) is 0 Å². The highest BCUT2D eigenvalue weighted by Crippen LogP contribution is 2.19. The smallest absolute Gasteiger partial charge is 0.305 e. The van der Waals surface area contributed by atoms with E-state index >= 15 is 0 Å². The minimum Gasteiger partial charge on any atom is -0.466 e. The van der Waals surface area contributed by atoms with Gasteiger partial charge >= 0.3 is 5.97 Å². The molecule has 0 aliphatic rings. The molecule has 0 aliphatic carbocycles. The van der Waals surface area contributed by atoms with Crippen molar-refractivity contribution < 1.29 is 24.5 Å². The zero-order valence-corrected chi connectivity index (χ0v) is 55.0. The molecule has 0 radical (unpaired) electrons. The molecule has 6 heteroatoms. The zero-order valence-electron chi connectivity index (χ0n) is 55.0. The molecule has 0 rings (SSSR count). The van der Waals surface area contributed by atoms with E-state index in [4.69, 9.17) is 4.74 Å². The largest absolute Gasteiger partial charge is 0.466 e. The van der Waals surface area contributed by atoms with E-state index in [0.29, 0.717) is 19.4 Å². The first kappa shape index (κ1) is 79.3. The van der Waals surface area contributed by atoms with E-state index in [0.717, 1.165) is 38.5 Å². The lowest BCUT2D eigenvalue weighted by Gasteiger charge is -2.20. The molecule has 2 unspecified atom stereocenters. The zero-order chi connectivity index (χ0) is 58.5. The summed E-state index contributed by atoms with van der Waals surface area (Å²) in [7, 11) is 0. The van der Waals surface area contributed by atoms with Crippen molar-refractivity contribution in [2.45, 2.75) is 431 Å². The van der Waals surface area contributed by atoms with Gasteiger partial charge in [-0.25, -0.2) is 0 Å². The van der Waals surface area contributed by atoms with Crippen LogP contribution in [0.25, 0.3) is 0 Å². The SMILES string of the molecule is CCCCCCCCC/C=C\CCCCCCCCCC(=O)OCCCCCCCCCCCCCCCCCCCCCCCCCCCCCCCCCCCCCC(=O)NC(CO)C(O)/C=C/CCCCCCCCCCC. The molecule has 0 aromatic rings. The lowest BCUT2D eigenvalue weighted by Crippen LogP contribution is -2.45. The van der Waals surface area contributed by atoms with Gasteiger partial charge in [0, 0.05) is 12.8 Å². The van der Waals surface area contributed by atoms with Gasteiger partial charge in [-0.3, -0.25) is 9.59 Å². The molecule has 0 aliphatic heterocycles. The Morgan fingerprint density at radius 3 is 0.877 bits per heavy atom. The van der Waals surface area contributed by atoms with E-state index in [-0.39, 0.29) is 18.5 Å². The van der Waals surface area contributed by atoms with E-state index in [9.17, 15) is 19.8 Å². The summed E-state index contributed by atoms with van der Waals surface area (Å²) in [6, 6.07) is -0.622. The average Bonchev–Trinajstić information content (AvgIpc) is 3.47. The second-order valence-electron chi connectivity index (χ2n) is 25.6. The number of allylic oxidation sites excluding steroid dienone is 3. The van der Waals surface area contributed by atoms with Gasteiger partial charge in [0.2, 0.25) is 5.91 Å². The normalized spacial score (nSPS) is 12.6. The lowest BCUT2D eigenvalue weighted by atomic mass is 10.0. The second kappa shape index (κ2) is 70.8. The van der Waals surface area contributed by atoms with Gasteiger partial charge in [-0.15, -0.1) is 0 Å². The maximum absolute atomic E-state index is 12.4. The third kappa shape index (κ3) is 67.3. The van der Waals surface area contributed by atoms with Crippen molar-refractivity contribution in [3.63, 3.8) is 0 Å². The Labute approximate surface area is 507 Å². The van der Waals surface area contributed by atoms with Crippen LogP contribution < -0.4 is 5.32 Å².